The van der Waals surface area contributed by atoms with Gasteiger partial charge >= 0.3 is 44.8 Å². The molecule has 0 unspecified atom stereocenters. The van der Waals surface area contributed by atoms with E-state index < -0.39 is 58.1 Å². The van der Waals surface area contributed by atoms with E-state index in [0.717, 1.165) is 0 Å². The van der Waals surface area contributed by atoms with Crippen LogP contribution >= 0.6 is 0 Å². The predicted octanol–water partition coefficient (Wildman–Crippen LogP) is 4.71. The lowest BCUT2D eigenvalue weighted by Crippen LogP contribution is -2.69. The molecule has 0 atom stereocenters. The summed E-state index contributed by atoms with van der Waals surface area (Å²) in [6.45, 7) is -3.43. The molecule has 0 heterocycles. The average Bonchev–Trinajstić information content (AvgIpc) is 2.64. The van der Waals surface area contributed by atoms with Crippen molar-refractivity contribution in [2.45, 2.75) is 48.5 Å². The second-order valence-electron chi connectivity index (χ2n) is 5.80. The van der Waals surface area contributed by atoms with E-state index in [2.05, 4.69) is 4.74 Å². The zero-order valence-electron chi connectivity index (χ0n) is 15.6. The first-order valence-electron chi connectivity index (χ1n) is 7.74. The molecule has 0 N–H and O–H groups in total. The zero-order valence-corrected chi connectivity index (χ0v) is 16.6. The molecule has 0 spiro atoms. The van der Waals surface area contributed by atoms with E-state index in [-0.39, 0.29) is 12.5 Å². The van der Waals surface area contributed by atoms with Gasteiger partial charge in [-0.15, -0.1) is 0 Å². The molecule has 0 aliphatic heterocycles. The van der Waals surface area contributed by atoms with Gasteiger partial charge in [0.25, 0.3) is 0 Å². The number of halogens is 12. The fourth-order valence-electron chi connectivity index (χ4n) is 2.01. The highest BCUT2D eigenvalue weighted by Gasteiger charge is 2.87. The van der Waals surface area contributed by atoms with Crippen LogP contribution in [0.1, 0.15) is 6.42 Å². The van der Waals surface area contributed by atoms with E-state index in [1.807, 2.05) is 0 Å². The van der Waals surface area contributed by atoms with Gasteiger partial charge in [-0.2, -0.15) is 43.9 Å². The Morgan fingerprint density at radius 2 is 1.13 bits per heavy atom. The molecule has 17 heteroatoms. The first-order chi connectivity index (χ1) is 13.3. The van der Waals surface area contributed by atoms with Gasteiger partial charge in [-0.3, -0.25) is 0 Å². The number of hydrogen-bond donors (Lipinski definition) is 0. The van der Waals surface area contributed by atoms with Crippen LogP contribution < -0.4 is 0 Å². The van der Waals surface area contributed by atoms with Crippen LogP contribution in [0.15, 0.2) is 0 Å². The lowest BCUT2D eigenvalue weighted by Gasteiger charge is -2.39. The maximum atomic E-state index is 13.5. The summed E-state index contributed by atoms with van der Waals surface area (Å²) in [5.74, 6) is -35.4. The Hall–Kier alpha value is -0.783. The summed E-state index contributed by atoms with van der Waals surface area (Å²) in [6.07, 6.45) is -5.80. The Labute approximate surface area is 163 Å². The van der Waals surface area contributed by atoms with Crippen molar-refractivity contribution < 1.29 is 70.7 Å². The largest absolute Gasteiger partial charge is 0.500 e. The normalized spacial score (nSPS) is 15.2. The molecule has 0 radical (unpaired) electrons. The van der Waals surface area contributed by atoms with Crippen molar-refractivity contribution in [3.8, 4) is 0 Å². The molecular weight excluding hydrogens is 476 g/mol. The second kappa shape index (κ2) is 9.79. The topological polar surface area (TPSA) is 36.9 Å². The van der Waals surface area contributed by atoms with Gasteiger partial charge < -0.3 is 18.0 Å². The van der Waals surface area contributed by atoms with E-state index in [9.17, 15) is 52.7 Å². The Morgan fingerprint density at radius 1 is 0.700 bits per heavy atom. The summed E-state index contributed by atoms with van der Waals surface area (Å²) in [4.78, 5) is 0. The van der Waals surface area contributed by atoms with Gasteiger partial charge in [-0.1, -0.05) is 0 Å². The maximum absolute atomic E-state index is 13.5. The third kappa shape index (κ3) is 5.16. The van der Waals surface area contributed by atoms with Crippen molar-refractivity contribution in [2.75, 3.05) is 34.5 Å². The molecule has 4 nitrogen and oxygen atoms in total. The molecule has 0 aliphatic carbocycles. The standard InChI is InChI=1S/C13H18F12O4Si/c1-26-30(27-2,28-3)6-4-5-29-7-9(16,17)11(20,21)13(24,25)12(22,23)10(18,19)8(14)15/h8H,4-7H2,1-3H3. The fourth-order valence-corrected chi connectivity index (χ4v) is 3.70. The molecule has 0 aromatic rings. The third-order valence-corrected chi connectivity index (χ3v) is 6.76. The van der Waals surface area contributed by atoms with Gasteiger partial charge in [-0.25, -0.2) is 8.78 Å². The van der Waals surface area contributed by atoms with Crippen LogP contribution in [0, 0.1) is 0 Å². The van der Waals surface area contributed by atoms with Crippen LogP contribution in [0.4, 0.5) is 52.7 Å². The molecular formula is C13H18F12O4Si. The predicted molar refractivity (Wildman–Crippen MR) is 77.8 cm³/mol. The Morgan fingerprint density at radius 3 is 1.50 bits per heavy atom. The monoisotopic (exact) mass is 494 g/mol. The highest BCUT2D eigenvalue weighted by molar-refractivity contribution is 6.60. The van der Waals surface area contributed by atoms with E-state index in [0.29, 0.717) is 0 Å². The Balaban J connectivity index is 5.30. The smallest absolute Gasteiger partial charge is 0.377 e. The average molecular weight is 494 g/mol. The molecule has 0 saturated carbocycles. The van der Waals surface area contributed by atoms with Crippen molar-refractivity contribution in [2.24, 2.45) is 0 Å². The SMILES string of the molecule is CO[Si](CCCOCC(F)(F)C(F)(F)C(F)(F)C(F)(F)C(F)(F)C(F)F)(OC)OC. The zero-order chi connectivity index (χ0) is 24.2. The van der Waals surface area contributed by atoms with Crippen molar-refractivity contribution in [1.82, 2.24) is 0 Å². The van der Waals surface area contributed by atoms with Crippen LogP contribution in [-0.2, 0) is 18.0 Å². The highest BCUT2D eigenvalue weighted by Crippen LogP contribution is 2.58. The summed E-state index contributed by atoms with van der Waals surface area (Å²) in [5.41, 5.74) is 0. The third-order valence-electron chi connectivity index (χ3n) is 3.93. The van der Waals surface area contributed by atoms with Gasteiger partial charge in [-0.05, 0) is 6.42 Å². The van der Waals surface area contributed by atoms with Crippen LogP contribution in [0.5, 0.6) is 0 Å². The fraction of sp³-hybridized carbons (Fsp3) is 1.00. The molecule has 0 bridgehead atoms. The van der Waals surface area contributed by atoms with Gasteiger partial charge in [0.15, 0.2) is 0 Å². The summed E-state index contributed by atoms with van der Waals surface area (Å²) in [6, 6.07) is -0.118. The van der Waals surface area contributed by atoms with Gasteiger partial charge in [0.2, 0.25) is 0 Å². The molecule has 0 amide bonds. The molecule has 0 aliphatic rings. The molecule has 0 rings (SSSR count). The van der Waals surface area contributed by atoms with Crippen LogP contribution in [0.2, 0.25) is 6.04 Å². The van der Waals surface area contributed by atoms with E-state index in [1.165, 1.54) is 21.3 Å². The summed E-state index contributed by atoms with van der Waals surface area (Å²) < 4.78 is 175. The Bertz CT molecular complexity index is 534. The molecule has 0 saturated heterocycles. The first-order valence-corrected chi connectivity index (χ1v) is 9.67. The van der Waals surface area contributed by atoms with Crippen LogP contribution in [0.3, 0.4) is 0 Å². The van der Waals surface area contributed by atoms with Crippen LogP contribution in [0.25, 0.3) is 0 Å². The molecule has 30 heavy (non-hydrogen) atoms. The lowest BCUT2D eigenvalue weighted by molar-refractivity contribution is -0.415. The maximum Gasteiger partial charge on any atom is 0.500 e. The molecule has 0 aromatic heterocycles. The lowest BCUT2D eigenvalue weighted by atomic mass is 9.94. The van der Waals surface area contributed by atoms with Gasteiger partial charge in [0, 0.05) is 34.0 Å². The van der Waals surface area contributed by atoms with Crippen molar-refractivity contribution in [3.05, 3.63) is 0 Å². The second-order valence-corrected chi connectivity index (χ2v) is 8.89. The van der Waals surface area contributed by atoms with Crippen molar-refractivity contribution in [3.63, 3.8) is 0 Å². The minimum absolute atomic E-state index is 0.118. The summed E-state index contributed by atoms with van der Waals surface area (Å²) in [7, 11) is 0.293. The number of hydrogen-bond acceptors (Lipinski definition) is 4. The van der Waals surface area contributed by atoms with Gasteiger partial charge in [0.1, 0.15) is 6.61 Å². The Kier molecular flexibility index (Phi) is 9.53. The van der Waals surface area contributed by atoms with Crippen molar-refractivity contribution in [1.29, 1.82) is 0 Å². The molecule has 0 fully saturated rings. The summed E-state index contributed by atoms with van der Waals surface area (Å²) in [5, 5.41) is 0. The van der Waals surface area contributed by atoms with E-state index in [1.54, 1.807) is 0 Å². The van der Waals surface area contributed by atoms with E-state index in [4.69, 9.17) is 13.3 Å². The van der Waals surface area contributed by atoms with E-state index >= 15 is 0 Å². The summed E-state index contributed by atoms with van der Waals surface area (Å²) >= 11 is 0. The number of rotatable bonds is 14. The van der Waals surface area contributed by atoms with Gasteiger partial charge in [0.05, 0.1) is 0 Å². The minimum Gasteiger partial charge on any atom is -0.377 e. The molecule has 182 valence electrons. The van der Waals surface area contributed by atoms with Crippen molar-refractivity contribution >= 4 is 8.80 Å². The molecule has 0 aromatic carbocycles. The number of ether oxygens (including phenoxy) is 1. The minimum atomic E-state index is -7.56. The first kappa shape index (κ1) is 29.2. The number of alkyl halides is 12. The quantitative estimate of drug-likeness (QED) is 0.199. The van der Waals surface area contributed by atoms with Crippen LogP contribution in [-0.4, -0.2) is 79.4 Å². The highest BCUT2D eigenvalue weighted by atomic mass is 28.4.